The molecule has 90 valence electrons. The number of nitrogens with zero attached hydrogens (tertiary/aromatic N) is 1. The molecule has 3 rings (SSSR count). The minimum Gasteiger partial charge on any atom is -0.364 e. The van der Waals surface area contributed by atoms with E-state index in [0.717, 1.165) is 31.7 Å². The van der Waals surface area contributed by atoms with Crippen molar-refractivity contribution in [1.29, 1.82) is 0 Å². The molecule has 0 amide bonds. The van der Waals surface area contributed by atoms with Crippen LogP contribution in [0.2, 0.25) is 0 Å². The number of aromatic nitrogens is 1. The zero-order valence-electron chi connectivity index (χ0n) is 9.99. The van der Waals surface area contributed by atoms with Gasteiger partial charge in [0.2, 0.25) is 0 Å². The van der Waals surface area contributed by atoms with Gasteiger partial charge in [0.05, 0.1) is 0 Å². The van der Waals surface area contributed by atoms with Crippen LogP contribution in [0.4, 0.5) is 5.82 Å². The molecule has 1 aliphatic rings. The number of hydrogen-bond donors (Lipinski definition) is 2. The predicted octanol–water partition coefficient (Wildman–Crippen LogP) is 2.85. The maximum atomic E-state index is 4.49. The fourth-order valence-electron chi connectivity index (χ4n) is 2.38. The molecule has 17 heavy (non-hydrogen) atoms. The van der Waals surface area contributed by atoms with E-state index in [-0.39, 0.29) is 5.54 Å². The molecule has 0 aromatic carbocycles. The van der Waals surface area contributed by atoms with Crippen LogP contribution < -0.4 is 10.6 Å². The smallest absolute Gasteiger partial charge is 0.135 e. The van der Waals surface area contributed by atoms with Gasteiger partial charge in [-0.2, -0.15) is 0 Å². The summed E-state index contributed by atoms with van der Waals surface area (Å²) >= 11 is 1.77. The quantitative estimate of drug-likeness (QED) is 0.857. The van der Waals surface area contributed by atoms with Gasteiger partial charge in [-0.1, -0.05) is 0 Å². The standard InChI is InChI=1S/C13H17N3S/c1-13(4-7-14-8-5-13)16-12-10-3-9-17-11(10)2-6-15-12/h2-3,6,9,14H,4-5,7-8H2,1H3,(H,15,16). The number of pyridine rings is 1. The van der Waals surface area contributed by atoms with Crippen LogP contribution in [-0.4, -0.2) is 23.6 Å². The molecular weight excluding hydrogens is 230 g/mol. The summed E-state index contributed by atoms with van der Waals surface area (Å²) in [7, 11) is 0. The average Bonchev–Trinajstić information content (AvgIpc) is 2.79. The van der Waals surface area contributed by atoms with Gasteiger partial charge in [-0.3, -0.25) is 0 Å². The van der Waals surface area contributed by atoms with E-state index in [4.69, 9.17) is 0 Å². The van der Waals surface area contributed by atoms with E-state index in [1.165, 1.54) is 10.1 Å². The van der Waals surface area contributed by atoms with Crippen molar-refractivity contribution in [2.24, 2.45) is 0 Å². The lowest BCUT2D eigenvalue weighted by atomic mass is 9.90. The average molecular weight is 247 g/mol. The molecule has 1 fully saturated rings. The van der Waals surface area contributed by atoms with Gasteiger partial charge < -0.3 is 10.6 Å². The molecule has 1 aliphatic heterocycles. The van der Waals surface area contributed by atoms with Crippen molar-refractivity contribution in [2.45, 2.75) is 25.3 Å². The first kappa shape index (κ1) is 11.0. The van der Waals surface area contributed by atoms with Gasteiger partial charge in [-0.15, -0.1) is 11.3 Å². The Balaban J connectivity index is 1.91. The highest BCUT2D eigenvalue weighted by atomic mass is 32.1. The lowest BCUT2D eigenvalue weighted by Crippen LogP contribution is -2.45. The molecule has 0 bridgehead atoms. The first-order chi connectivity index (χ1) is 8.27. The zero-order valence-corrected chi connectivity index (χ0v) is 10.8. The Kier molecular flexibility index (Phi) is 2.76. The zero-order chi connectivity index (χ0) is 11.7. The number of thiophene rings is 1. The molecule has 1 saturated heterocycles. The van der Waals surface area contributed by atoms with Crippen molar-refractivity contribution in [3.8, 4) is 0 Å². The van der Waals surface area contributed by atoms with Crippen LogP contribution in [0, 0.1) is 0 Å². The van der Waals surface area contributed by atoms with Crippen molar-refractivity contribution in [2.75, 3.05) is 18.4 Å². The molecule has 0 unspecified atom stereocenters. The summed E-state index contributed by atoms with van der Waals surface area (Å²) < 4.78 is 1.31. The first-order valence-electron chi connectivity index (χ1n) is 6.08. The Bertz CT molecular complexity index is 514. The van der Waals surface area contributed by atoms with Crippen molar-refractivity contribution >= 4 is 27.2 Å². The number of hydrogen-bond acceptors (Lipinski definition) is 4. The minimum absolute atomic E-state index is 0.175. The summed E-state index contributed by atoms with van der Waals surface area (Å²) in [5, 5.41) is 10.4. The molecule has 2 N–H and O–H groups in total. The summed E-state index contributed by atoms with van der Waals surface area (Å²) in [6.45, 7) is 4.47. The summed E-state index contributed by atoms with van der Waals surface area (Å²) in [6, 6.07) is 4.23. The van der Waals surface area contributed by atoms with Crippen molar-refractivity contribution in [1.82, 2.24) is 10.3 Å². The van der Waals surface area contributed by atoms with E-state index < -0.39 is 0 Å². The topological polar surface area (TPSA) is 37.0 Å². The Morgan fingerprint density at radius 2 is 2.18 bits per heavy atom. The maximum Gasteiger partial charge on any atom is 0.135 e. The fraction of sp³-hybridized carbons (Fsp3) is 0.462. The second-order valence-electron chi connectivity index (χ2n) is 4.93. The van der Waals surface area contributed by atoms with E-state index in [2.05, 4.69) is 40.1 Å². The Labute approximate surface area is 105 Å². The van der Waals surface area contributed by atoms with Gasteiger partial charge >= 0.3 is 0 Å². The first-order valence-corrected chi connectivity index (χ1v) is 6.96. The fourth-order valence-corrected chi connectivity index (χ4v) is 3.17. The third kappa shape index (κ3) is 2.15. The molecule has 3 nitrogen and oxygen atoms in total. The summed E-state index contributed by atoms with van der Waals surface area (Å²) in [6.07, 6.45) is 4.19. The Morgan fingerprint density at radius 1 is 1.35 bits per heavy atom. The van der Waals surface area contributed by atoms with Crippen LogP contribution in [-0.2, 0) is 0 Å². The van der Waals surface area contributed by atoms with E-state index >= 15 is 0 Å². The predicted molar refractivity (Wildman–Crippen MR) is 73.8 cm³/mol. The van der Waals surface area contributed by atoms with Gasteiger partial charge in [0.15, 0.2) is 0 Å². The molecular formula is C13H17N3S. The van der Waals surface area contributed by atoms with E-state index in [9.17, 15) is 0 Å². The third-order valence-electron chi connectivity index (χ3n) is 3.51. The van der Waals surface area contributed by atoms with Gasteiger partial charge in [-0.25, -0.2) is 4.98 Å². The highest BCUT2D eigenvalue weighted by Crippen LogP contribution is 2.30. The third-order valence-corrected chi connectivity index (χ3v) is 4.39. The minimum atomic E-state index is 0.175. The second kappa shape index (κ2) is 4.27. The van der Waals surface area contributed by atoms with Gasteiger partial charge in [0, 0.05) is 21.8 Å². The molecule has 0 radical (unpaired) electrons. The monoisotopic (exact) mass is 247 g/mol. The summed E-state index contributed by atoms with van der Waals surface area (Å²) in [5.74, 6) is 1.04. The second-order valence-corrected chi connectivity index (χ2v) is 5.88. The number of rotatable bonds is 2. The molecule has 4 heteroatoms. The maximum absolute atomic E-state index is 4.49. The Hall–Kier alpha value is -1.13. The van der Waals surface area contributed by atoms with Gasteiger partial charge in [0.25, 0.3) is 0 Å². The number of piperidine rings is 1. The molecule has 0 aliphatic carbocycles. The molecule has 0 saturated carbocycles. The summed E-state index contributed by atoms with van der Waals surface area (Å²) in [5.41, 5.74) is 0.175. The van der Waals surface area contributed by atoms with Crippen LogP contribution in [0.1, 0.15) is 19.8 Å². The SMILES string of the molecule is CC1(Nc2nccc3sccc23)CCNCC1. The van der Waals surface area contributed by atoms with E-state index in [1.807, 2.05) is 6.20 Å². The number of anilines is 1. The van der Waals surface area contributed by atoms with Gasteiger partial charge in [0.1, 0.15) is 5.82 Å². The molecule has 0 atom stereocenters. The highest BCUT2D eigenvalue weighted by Gasteiger charge is 2.27. The van der Waals surface area contributed by atoms with Crippen LogP contribution >= 0.6 is 11.3 Å². The normalized spacial score (nSPS) is 19.4. The van der Waals surface area contributed by atoms with Crippen molar-refractivity contribution in [3.05, 3.63) is 23.7 Å². The van der Waals surface area contributed by atoms with Crippen LogP contribution in [0.15, 0.2) is 23.7 Å². The van der Waals surface area contributed by atoms with Crippen LogP contribution in [0.25, 0.3) is 10.1 Å². The largest absolute Gasteiger partial charge is 0.364 e. The van der Waals surface area contributed by atoms with Crippen LogP contribution in [0.5, 0.6) is 0 Å². The molecule has 2 aromatic rings. The molecule has 2 aromatic heterocycles. The lowest BCUT2D eigenvalue weighted by molar-refractivity contribution is 0.364. The van der Waals surface area contributed by atoms with Crippen molar-refractivity contribution < 1.29 is 0 Å². The van der Waals surface area contributed by atoms with E-state index in [1.54, 1.807) is 11.3 Å². The van der Waals surface area contributed by atoms with Crippen LogP contribution in [0.3, 0.4) is 0 Å². The summed E-state index contributed by atoms with van der Waals surface area (Å²) in [4.78, 5) is 4.49. The van der Waals surface area contributed by atoms with Gasteiger partial charge in [-0.05, 0) is 50.4 Å². The van der Waals surface area contributed by atoms with E-state index in [0.29, 0.717) is 0 Å². The molecule has 3 heterocycles. The Morgan fingerprint density at radius 3 is 3.00 bits per heavy atom. The molecule has 0 spiro atoms. The highest BCUT2D eigenvalue weighted by molar-refractivity contribution is 7.17. The number of nitrogens with one attached hydrogen (secondary N) is 2. The number of fused-ring (bicyclic) bond motifs is 1. The lowest BCUT2D eigenvalue weighted by Gasteiger charge is -2.35. The van der Waals surface area contributed by atoms with Crippen molar-refractivity contribution in [3.63, 3.8) is 0 Å².